The summed E-state index contributed by atoms with van der Waals surface area (Å²) in [5.74, 6) is 0.943. The van der Waals surface area contributed by atoms with E-state index in [0.717, 1.165) is 34.7 Å². The Labute approximate surface area is 333 Å². The van der Waals surface area contributed by atoms with Crippen molar-refractivity contribution >= 4 is 33.5 Å². The number of aryl methyl sites for hydroxylation is 2. The molecule has 13 nitrogen and oxygen atoms in total. The molecule has 0 spiro atoms. The predicted molar refractivity (Wildman–Crippen MR) is 222 cm³/mol. The minimum absolute atomic E-state index is 0.0888. The molecule has 0 saturated carbocycles. The molecule has 6 aromatic rings. The number of ether oxygens (including phenoxy) is 4. The van der Waals surface area contributed by atoms with Crippen molar-refractivity contribution in [1.82, 2.24) is 24.7 Å². The van der Waals surface area contributed by atoms with Gasteiger partial charge in [0.25, 0.3) is 0 Å². The maximum atomic E-state index is 12.0. The average molecular weight is 778 g/mol. The summed E-state index contributed by atoms with van der Waals surface area (Å²) in [7, 11) is 14.5. The van der Waals surface area contributed by atoms with Crippen LogP contribution in [-0.4, -0.2) is 110 Å². The van der Waals surface area contributed by atoms with Crippen molar-refractivity contribution in [2.45, 2.75) is 20.4 Å². The molecule has 0 radical (unpaired) electrons. The second-order valence-electron chi connectivity index (χ2n) is 14.0. The zero-order valence-electron chi connectivity index (χ0n) is 34.2. The molecule has 0 aliphatic heterocycles. The summed E-state index contributed by atoms with van der Waals surface area (Å²) < 4.78 is 21.0. The van der Waals surface area contributed by atoms with Crippen LogP contribution in [0.15, 0.2) is 91.1 Å². The second-order valence-corrected chi connectivity index (χ2v) is 14.0. The number of rotatable bonds is 10. The largest absolute Gasteiger partial charge is 0.505 e. The topological polar surface area (TPSA) is 147 Å². The third-order valence-electron chi connectivity index (χ3n) is 8.17. The monoisotopic (exact) mass is 777 g/mol. The minimum atomic E-state index is -0.676. The Kier molecular flexibility index (Phi) is 15.3. The lowest BCUT2D eigenvalue weighted by atomic mass is 10.1. The molecule has 2 heterocycles. The maximum absolute atomic E-state index is 12.0. The van der Waals surface area contributed by atoms with Gasteiger partial charge in [0.1, 0.15) is 23.0 Å². The van der Waals surface area contributed by atoms with Gasteiger partial charge in [0.2, 0.25) is 0 Å². The number of aromatic hydroxyl groups is 2. The molecule has 0 unspecified atom stereocenters. The number of nitrogens with zero attached hydrogens (tertiary/aromatic N) is 5. The number of pyridine rings is 2. The fourth-order valence-corrected chi connectivity index (χ4v) is 5.61. The normalized spacial score (nSPS) is 10.8. The van der Waals surface area contributed by atoms with Crippen LogP contribution < -0.4 is 9.47 Å². The Bertz CT molecular complexity index is 2290. The van der Waals surface area contributed by atoms with Gasteiger partial charge in [-0.3, -0.25) is 9.80 Å². The van der Waals surface area contributed by atoms with Crippen LogP contribution in [0.25, 0.3) is 21.5 Å². The molecular formula is C44H51N5O8. The van der Waals surface area contributed by atoms with Crippen molar-refractivity contribution in [3.63, 3.8) is 0 Å². The zero-order chi connectivity index (χ0) is 41.8. The molecule has 6 rings (SSSR count). The molecular weight excluding hydrogens is 727 g/mol. The molecule has 2 N–H and O–H groups in total. The van der Waals surface area contributed by atoms with Crippen LogP contribution in [0, 0.1) is 13.8 Å². The number of esters is 2. The van der Waals surface area contributed by atoms with Crippen LogP contribution >= 0.6 is 0 Å². The molecule has 2 aromatic heterocycles. The molecule has 0 amide bonds. The van der Waals surface area contributed by atoms with E-state index in [1.807, 2.05) is 87.4 Å². The summed E-state index contributed by atoms with van der Waals surface area (Å²) in [5, 5.41) is 23.1. The van der Waals surface area contributed by atoms with Crippen LogP contribution in [-0.2, 0) is 16.0 Å². The molecule has 300 valence electrons. The van der Waals surface area contributed by atoms with Gasteiger partial charge < -0.3 is 34.1 Å². The Morgan fingerprint density at radius 3 is 1.51 bits per heavy atom. The summed E-state index contributed by atoms with van der Waals surface area (Å²) in [4.78, 5) is 38.0. The van der Waals surface area contributed by atoms with Gasteiger partial charge in [-0.2, -0.15) is 0 Å². The van der Waals surface area contributed by atoms with Crippen LogP contribution in [0.5, 0.6) is 34.5 Å². The van der Waals surface area contributed by atoms with E-state index < -0.39 is 11.9 Å². The van der Waals surface area contributed by atoms with Crippen molar-refractivity contribution in [1.29, 1.82) is 0 Å². The number of methoxy groups -OCH3 is 2. The molecule has 0 bridgehead atoms. The summed E-state index contributed by atoms with van der Waals surface area (Å²) in [5.41, 5.74) is 2.77. The Morgan fingerprint density at radius 2 is 1.04 bits per heavy atom. The second kappa shape index (κ2) is 20.1. The lowest BCUT2D eigenvalue weighted by molar-refractivity contribution is 0.0581. The first-order valence-electron chi connectivity index (χ1n) is 18.0. The lowest BCUT2D eigenvalue weighted by Crippen LogP contribution is -2.26. The summed E-state index contributed by atoms with van der Waals surface area (Å²) in [6, 6.07) is 25.9. The quantitative estimate of drug-likeness (QED) is 0.103. The van der Waals surface area contributed by atoms with E-state index in [0.29, 0.717) is 39.9 Å². The van der Waals surface area contributed by atoms with E-state index in [-0.39, 0.29) is 22.9 Å². The predicted octanol–water partition coefficient (Wildman–Crippen LogP) is 7.78. The number of carbonyl (C=O) groups excluding carboxylic acids is 2. The fourth-order valence-electron chi connectivity index (χ4n) is 5.61. The van der Waals surface area contributed by atoms with E-state index in [9.17, 15) is 19.8 Å². The van der Waals surface area contributed by atoms with E-state index in [1.165, 1.54) is 20.4 Å². The van der Waals surface area contributed by atoms with Crippen LogP contribution in [0.3, 0.4) is 0 Å². The van der Waals surface area contributed by atoms with Crippen molar-refractivity contribution in [3.8, 4) is 34.5 Å². The van der Waals surface area contributed by atoms with Gasteiger partial charge in [-0.15, -0.1) is 0 Å². The highest BCUT2D eigenvalue weighted by Crippen LogP contribution is 2.35. The molecule has 57 heavy (non-hydrogen) atoms. The Hall–Kier alpha value is -6.28. The van der Waals surface area contributed by atoms with Gasteiger partial charge in [0.15, 0.2) is 22.9 Å². The van der Waals surface area contributed by atoms with Crippen LogP contribution in [0.4, 0.5) is 0 Å². The molecule has 13 heteroatoms. The van der Waals surface area contributed by atoms with E-state index in [2.05, 4.69) is 52.7 Å². The molecule has 4 aromatic carbocycles. The smallest absolute Gasteiger partial charge is 0.360 e. The highest BCUT2D eigenvalue weighted by atomic mass is 16.5. The standard InChI is InChI=1S/C21H22N2O4.C18H15NO4.C5H14N2/c1-13-5-7-14(8-6-13)27-15-9-10-16-17(11-15)18(12-23(2)3)22-19(20(16)24)21(25)26-4;1-11-3-5-13(6-4-11)23-14-7-8-15-12(9-14)10-19-16(17(15)20)18(21)22-2;1-6(2)5-7(3)4/h5-11,24H,12H2,1-4H3;3-10,20H,1-2H3;5H2,1-4H3. The summed E-state index contributed by atoms with van der Waals surface area (Å²) in [6.07, 6.45) is 1.50. The van der Waals surface area contributed by atoms with E-state index in [4.69, 9.17) is 14.2 Å². The molecule has 0 fully saturated rings. The Balaban J connectivity index is 0.000000219. The first-order valence-corrected chi connectivity index (χ1v) is 18.0. The SMILES string of the molecule is CN(C)CN(C)C.COC(=O)c1nc(CN(C)C)c2cc(Oc3ccc(C)cc3)ccc2c1O.COC(=O)c1ncc2cc(Oc3ccc(C)cc3)ccc2c1O. The van der Waals surface area contributed by atoms with Gasteiger partial charge in [-0.1, -0.05) is 35.4 Å². The maximum Gasteiger partial charge on any atom is 0.360 e. The van der Waals surface area contributed by atoms with Crippen LogP contribution in [0.2, 0.25) is 0 Å². The zero-order valence-corrected chi connectivity index (χ0v) is 34.2. The number of hydrogen-bond acceptors (Lipinski definition) is 13. The number of carbonyl (C=O) groups is 2. The number of aromatic nitrogens is 2. The van der Waals surface area contributed by atoms with E-state index in [1.54, 1.807) is 30.3 Å². The summed E-state index contributed by atoms with van der Waals surface area (Å²) in [6.45, 7) is 5.54. The minimum Gasteiger partial charge on any atom is -0.505 e. The highest BCUT2D eigenvalue weighted by molar-refractivity contribution is 6.01. The third kappa shape index (κ3) is 12.1. The molecule has 0 aliphatic carbocycles. The van der Waals surface area contributed by atoms with Gasteiger partial charge in [-0.05, 0) is 117 Å². The number of hydrogen-bond donors (Lipinski definition) is 2. The van der Waals surface area contributed by atoms with Crippen molar-refractivity contribution in [2.75, 3.05) is 63.2 Å². The summed E-state index contributed by atoms with van der Waals surface area (Å²) >= 11 is 0. The molecule has 0 saturated heterocycles. The molecule has 0 atom stereocenters. The average Bonchev–Trinajstić information content (AvgIpc) is 3.17. The fraction of sp³-hybridized carbons (Fsp3) is 0.273. The van der Waals surface area contributed by atoms with Gasteiger partial charge in [-0.25, -0.2) is 19.6 Å². The third-order valence-corrected chi connectivity index (χ3v) is 8.17. The first-order chi connectivity index (χ1) is 27.1. The number of fused-ring (bicyclic) bond motifs is 2. The number of benzene rings is 4. The van der Waals surface area contributed by atoms with Gasteiger partial charge in [0, 0.05) is 41.0 Å². The van der Waals surface area contributed by atoms with Crippen molar-refractivity contribution in [3.05, 3.63) is 119 Å². The van der Waals surface area contributed by atoms with Crippen molar-refractivity contribution in [2.24, 2.45) is 0 Å². The van der Waals surface area contributed by atoms with Crippen molar-refractivity contribution < 1.29 is 38.7 Å². The highest BCUT2D eigenvalue weighted by Gasteiger charge is 2.21. The Morgan fingerprint density at radius 1 is 0.579 bits per heavy atom. The first kappa shape index (κ1) is 43.4. The molecule has 0 aliphatic rings. The van der Waals surface area contributed by atoms with Gasteiger partial charge in [0.05, 0.1) is 19.9 Å². The van der Waals surface area contributed by atoms with Crippen LogP contribution in [0.1, 0.15) is 37.8 Å². The van der Waals surface area contributed by atoms with Gasteiger partial charge >= 0.3 is 11.9 Å². The van der Waals surface area contributed by atoms with E-state index >= 15 is 0 Å². The lowest BCUT2D eigenvalue weighted by Gasteiger charge is -2.15.